The number of amides is 1. The molecular weight excluding hydrogens is 471 g/mol. The standard InChI is InChI=1S/C29H35FN4OS/c1-21-5-4-6-22(17-21)9-12-28(35)31-19-23-7-2-3-8-24(23)20-33-13-15-34(16-14-33)29-26-11-10-25(30)18-27(26)36-32-29/h4-6,9-12,17-18,23-24H,2-3,7-8,13-16,19-20H2,1H3,(H,31,35)/t23-,24-/m0/s1. The van der Waals surface area contributed by atoms with Crippen molar-refractivity contribution in [3.63, 3.8) is 0 Å². The molecule has 2 aromatic carbocycles. The van der Waals surface area contributed by atoms with Crippen LogP contribution in [0.15, 0.2) is 48.5 Å². The van der Waals surface area contributed by atoms with Crippen molar-refractivity contribution in [1.82, 2.24) is 14.6 Å². The van der Waals surface area contributed by atoms with Crippen molar-refractivity contribution in [3.8, 4) is 0 Å². The van der Waals surface area contributed by atoms with Crippen LogP contribution in [-0.4, -0.2) is 54.4 Å². The van der Waals surface area contributed by atoms with Crippen molar-refractivity contribution in [3.05, 3.63) is 65.5 Å². The highest BCUT2D eigenvalue weighted by molar-refractivity contribution is 7.13. The van der Waals surface area contributed by atoms with E-state index < -0.39 is 0 Å². The predicted octanol–water partition coefficient (Wildman–Crippen LogP) is 5.50. The Morgan fingerprint density at radius 2 is 1.92 bits per heavy atom. The average molecular weight is 507 g/mol. The van der Waals surface area contributed by atoms with Gasteiger partial charge in [-0.05, 0) is 73.0 Å². The van der Waals surface area contributed by atoms with Gasteiger partial charge in [0.15, 0.2) is 0 Å². The Morgan fingerprint density at radius 3 is 2.72 bits per heavy atom. The molecule has 36 heavy (non-hydrogen) atoms. The van der Waals surface area contributed by atoms with Crippen LogP contribution < -0.4 is 10.2 Å². The molecule has 2 atom stereocenters. The molecule has 7 heteroatoms. The number of hydrogen-bond acceptors (Lipinski definition) is 5. The van der Waals surface area contributed by atoms with E-state index in [-0.39, 0.29) is 11.7 Å². The van der Waals surface area contributed by atoms with Gasteiger partial charge < -0.3 is 10.2 Å². The van der Waals surface area contributed by atoms with Gasteiger partial charge >= 0.3 is 0 Å². The van der Waals surface area contributed by atoms with E-state index in [4.69, 9.17) is 0 Å². The summed E-state index contributed by atoms with van der Waals surface area (Å²) in [6.07, 6.45) is 8.51. The van der Waals surface area contributed by atoms with Gasteiger partial charge in [0.25, 0.3) is 0 Å². The number of aryl methyl sites for hydroxylation is 1. The number of benzene rings is 2. The highest BCUT2D eigenvalue weighted by Gasteiger charge is 2.29. The lowest BCUT2D eigenvalue weighted by Gasteiger charge is -2.40. The van der Waals surface area contributed by atoms with Gasteiger partial charge in [-0.1, -0.05) is 42.7 Å². The smallest absolute Gasteiger partial charge is 0.244 e. The minimum atomic E-state index is -0.206. The second-order valence-electron chi connectivity index (χ2n) is 10.2. The lowest BCUT2D eigenvalue weighted by Crippen LogP contribution is -2.49. The van der Waals surface area contributed by atoms with Gasteiger partial charge in [-0.25, -0.2) is 4.39 Å². The number of hydrogen-bond donors (Lipinski definition) is 1. The Hall–Kier alpha value is -2.77. The zero-order chi connectivity index (χ0) is 24.9. The summed E-state index contributed by atoms with van der Waals surface area (Å²) >= 11 is 1.38. The van der Waals surface area contributed by atoms with Crippen LogP contribution >= 0.6 is 11.5 Å². The summed E-state index contributed by atoms with van der Waals surface area (Å²) in [5.74, 6) is 1.93. The summed E-state index contributed by atoms with van der Waals surface area (Å²) in [5, 5.41) is 4.22. The SMILES string of the molecule is Cc1cccc(C=CC(=O)NC[C@@H]2CCCC[C@H]2CN2CCN(c3nsc4cc(F)ccc34)CC2)c1. The van der Waals surface area contributed by atoms with Gasteiger partial charge in [-0.15, -0.1) is 0 Å². The molecule has 5 rings (SSSR count). The van der Waals surface area contributed by atoms with Crippen LogP contribution in [0.25, 0.3) is 16.2 Å². The quantitative estimate of drug-likeness (QED) is 0.430. The molecule has 0 spiro atoms. The minimum Gasteiger partial charge on any atom is -0.353 e. The summed E-state index contributed by atoms with van der Waals surface area (Å²) in [6.45, 7) is 7.80. The molecule has 2 fully saturated rings. The molecule has 1 amide bonds. The van der Waals surface area contributed by atoms with Gasteiger partial charge in [-0.3, -0.25) is 9.69 Å². The summed E-state index contributed by atoms with van der Waals surface area (Å²) in [4.78, 5) is 17.4. The van der Waals surface area contributed by atoms with Crippen molar-refractivity contribution in [2.75, 3.05) is 44.2 Å². The summed E-state index contributed by atoms with van der Waals surface area (Å²) < 4.78 is 19.1. The molecule has 2 aliphatic rings. The molecule has 1 aliphatic heterocycles. The van der Waals surface area contributed by atoms with Gasteiger partial charge in [0, 0.05) is 50.7 Å². The molecule has 1 aromatic heterocycles. The first kappa shape index (κ1) is 24.9. The normalized spacial score (nSPS) is 21.3. The Balaban J connectivity index is 1.11. The van der Waals surface area contributed by atoms with E-state index in [9.17, 15) is 9.18 Å². The highest BCUT2D eigenvalue weighted by Crippen LogP contribution is 2.33. The Labute approximate surface area is 217 Å². The number of nitrogens with zero attached hydrogens (tertiary/aromatic N) is 3. The molecule has 1 aliphatic carbocycles. The Bertz CT molecular complexity index is 1220. The maximum atomic E-state index is 13.5. The molecule has 0 bridgehead atoms. The van der Waals surface area contributed by atoms with Gasteiger partial charge in [-0.2, -0.15) is 4.37 Å². The fourth-order valence-corrected chi connectivity index (χ4v) is 6.45. The second kappa shape index (κ2) is 11.5. The third-order valence-corrected chi connectivity index (χ3v) is 8.45. The number of carbonyl (C=O) groups excluding carboxylic acids is 1. The molecular formula is C29H35FN4OS. The first-order valence-electron chi connectivity index (χ1n) is 13.1. The van der Waals surface area contributed by atoms with E-state index in [0.717, 1.165) is 60.7 Å². The van der Waals surface area contributed by atoms with Crippen LogP contribution in [0.5, 0.6) is 0 Å². The third kappa shape index (κ3) is 6.13. The van der Waals surface area contributed by atoms with Crippen LogP contribution in [-0.2, 0) is 4.79 Å². The average Bonchev–Trinajstić information content (AvgIpc) is 3.30. The van der Waals surface area contributed by atoms with Crippen molar-refractivity contribution in [2.45, 2.75) is 32.6 Å². The third-order valence-electron chi connectivity index (χ3n) is 7.65. The first-order chi connectivity index (χ1) is 17.5. The van der Waals surface area contributed by atoms with Crippen LogP contribution in [0.1, 0.15) is 36.8 Å². The maximum Gasteiger partial charge on any atom is 0.244 e. The Morgan fingerprint density at radius 1 is 1.11 bits per heavy atom. The number of fused-ring (bicyclic) bond motifs is 1. The number of rotatable bonds is 7. The van der Waals surface area contributed by atoms with E-state index in [1.807, 2.05) is 24.3 Å². The molecule has 1 saturated heterocycles. The van der Waals surface area contributed by atoms with Crippen LogP contribution in [0, 0.1) is 24.6 Å². The van der Waals surface area contributed by atoms with E-state index in [2.05, 4.69) is 38.5 Å². The number of piperazine rings is 1. The number of anilines is 1. The molecule has 190 valence electrons. The zero-order valence-electron chi connectivity index (χ0n) is 21.0. The Kier molecular flexibility index (Phi) is 7.97. The van der Waals surface area contributed by atoms with E-state index in [0.29, 0.717) is 11.8 Å². The number of nitrogens with one attached hydrogen (secondary N) is 1. The van der Waals surface area contributed by atoms with Gasteiger partial charge in [0.05, 0.1) is 4.70 Å². The van der Waals surface area contributed by atoms with Crippen molar-refractivity contribution < 1.29 is 9.18 Å². The molecule has 1 saturated carbocycles. The molecule has 1 N–H and O–H groups in total. The van der Waals surface area contributed by atoms with Crippen LogP contribution in [0.3, 0.4) is 0 Å². The van der Waals surface area contributed by atoms with Gasteiger partial charge in [0.2, 0.25) is 5.91 Å². The van der Waals surface area contributed by atoms with Crippen molar-refractivity contribution in [1.29, 1.82) is 0 Å². The molecule has 3 aromatic rings. The summed E-state index contributed by atoms with van der Waals surface area (Å²) in [6, 6.07) is 13.1. The zero-order valence-corrected chi connectivity index (χ0v) is 21.8. The first-order valence-corrected chi connectivity index (χ1v) is 13.9. The monoisotopic (exact) mass is 506 g/mol. The fourth-order valence-electron chi connectivity index (χ4n) is 5.63. The maximum absolute atomic E-state index is 13.5. The largest absolute Gasteiger partial charge is 0.353 e. The highest BCUT2D eigenvalue weighted by atomic mass is 32.1. The number of carbonyl (C=O) groups is 1. The fraction of sp³-hybridized carbons (Fsp3) is 0.448. The van der Waals surface area contributed by atoms with Crippen LogP contribution in [0.2, 0.25) is 0 Å². The molecule has 2 heterocycles. The van der Waals surface area contributed by atoms with E-state index in [1.165, 1.54) is 48.8 Å². The topological polar surface area (TPSA) is 48.5 Å². The summed E-state index contributed by atoms with van der Waals surface area (Å²) in [7, 11) is 0. The van der Waals surface area contributed by atoms with Gasteiger partial charge in [0.1, 0.15) is 11.6 Å². The summed E-state index contributed by atoms with van der Waals surface area (Å²) in [5.41, 5.74) is 2.25. The van der Waals surface area contributed by atoms with E-state index >= 15 is 0 Å². The number of aromatic nitrogens is 1. The molecule has 0 unspecified atom stereocenters. The van der Waals surface area contributed by atoms with Crippen molar-refractivity contribution >= 4 is 39.4 Å². The second-order valence-corrected chi connectivity index (χ2v) is 11.0. The van der Waals surface area contributed by atoms with E-state index in [1.54, 1.807) is 12.1 Å². The van der Waals surface area contributed by atoms with Crippen LogP contribution in [0.4, 0.5) is 10.2 Å². The lowest BCUT2D eigenvalue weighted by molar-refractivity contribution is -0.116. The predicted molar refractivity (Wildman–Crippen MR) is 147 cm³/mol. The van der Waals surface area contributed by atoms with Crippen molar-refractivity contribution in [2.24, 2.45) is 11.8 Å². The number of halogens is 1. The molecule has 5 nitrogen and oxygen atoms in total. The lowest BCUT2D eigenvalue weighted by atomic mass is 9.78. The molecule has 0 radical (unpaired) electrons. The minimum absolute atomic E-state index is 0.00943.